The molecule has 1 heterocycles. The first-order chi connectivity index (χ1) is 9.65. The lowest BCUT2D eigenvalue weighted by molar-refractivity contribution is -0.384. The number of fused-ring (bicyclic) bond motifs is 1. The summed E-state index contributed by atoms with van der Waals surface area (Å²) in [5.41, 5.74) is 2.73. The van der Waals surface area contributed by atoms with E-state index in [1.165, 1.54) is 12.1 Å². The molecule has 3 rings (SSSR count). The normalized spacial score (nSPS) is 21.2. The lowest BCUT2D eigenvalue weighted by atomic mass is 9.97. The zero-order valence-corrected chi connectivity index (χ0v) is 11.2. The molecular formula is C14H11NO4S. The molecule has 2 aromatic rings. The van der Waals surface area contributed by atoms with Gasteiger partial charge in [-0.25, -0.2) is 4.21 Å². The van der Waals surface area contributed by atoms with E-state index < -0.39 is 22.1 Å². The van der Waals surface area contributed by atoms with Gasteiger partial charge in [0.25, 0.3) is 5.69 Å². The van der Waals surface area contributed by atoms with Crippen LogP contribution >= 0.6 is 0 Å². The van der Waals surface area contributed by atoms with Crippen LogP contribution in [0.25, 0.3) is 0 Å². The Hall–Kier alpha value is -2.05. The molecule has 0 spiro atoms. The number of nitro benzene ring substituents is 1. The summed E-state index contributed by atoms with van der Waals surface area (Å²) in [5.74, 6) is 0.375. The Bertz CT molecular complexity index is 684. The number of rotatable bonds is 2. The molecule has 0 aliphatic carbocycles. The average Bonchev–Trinajstić information content (AvgIpc) is 2.46. The number of nitro groups is 1. The largest absolute Gasteiger partial charge is 0.277 e. The Morgan fingerprint density at radius 2 is 1.85 bits per heavy atom. The maximum absolute atomic E-state index is 11.8. The number of nitrogens with zero attached hydrogens (tertiary/aromatic N) is 1. The molecule has 0 N–H and O–H groups in total. The molecule has 1 aliphatic rings. The minimum absolute atomic E-state index is 0.0268. The Balaban J connectivity index is 2.01. The molecule has 0 aromatic heterocycles. The van der Waals surface area contributed by atoms with Crippen molar-refractivity contribution < 1.29 is 13.3 Å². The van der Waals surface area contributed by atoms with Crippen LogP contribution in [0, 0.1) is 10.1 Å². The smallest absolute Gasteiger partial charge is 0.269 e. The van der Waals surface area contributed by atoms with Crippen molar-refractivity contribution in [3.05, 3.63) is 75.3 Å². The molecule has 0 bridgehead atoms. The second kappa shape index (κ2) is 5.15. The van der Waals surface area contributed by atoms with Gasteiger partial charge in [0.2, 0.25) is 0 Å². The van der Waals surface area contributed by atoms with E-state index in [1.54, 1.807) is 12.1 Å². The van der Waals surface area contributed by atoms with Crippen LogP contribution in [0.2, 0.25) is 0 Å². The van der Waals surface area contributed by atoms with Gasteiger partial charge in [0.1, 0.15) is 6.10 Å². The van der Waals surface area contributed by atoms with Crippen molar-refractivity contribution in [1.29, 1.82) is 0 Å². The maximum atomic E-state index is 11.8. The van der Waals surface area contributed by atoms with Crippen molar-refractivity contribution in [2.75, 3.05) is 0 Å². The van der Waals surface area contributed by atoms with Crippen molar-refractivity contribution in [1.82, 2.24) is 0 Å². The second-order valence-electron chi connectivity index (χ2n) is 4.47. The van der Waals surface area contributed by atoms with E-state index >= 15 is 0 Å². The average molecular weight is 289 g/mol. The molecule has 0 fully saturated rings. The highest BCUT2D eigenvalue weighted by atomic mass is 32.2. The monoisotopic (exact) mass is 289 g/mol. The Morgan fingerprint density at radius 3 is 2.55 bits per heavy atom. The molecule has 2 unspecified atom stereocenters. The third-order valence-electron chi connectivity index (χ3n) is 3.22. The predicted octanol–water partition coefficient (Wildman–Crippen LogP) is 2.88. The molecule has 102 valence electrons. The predicted molar refractivity (Wildman–Crippen MR) is 74.3 cm³/mol. The first-order valence-corrected chi connectivity index (χ1v) is 7.27. The van der Waals surface area contributed by atoms with Gasteiger partial charge < -0.3 is 0 Å². The van der Waals surface area contributed by atoms with Crippen LogP contribution in [-0.4, -0.2) is 9.13 Å². The van der Waals surface area contributed by atoms with Crippen molar-refractivity contribution in [2.24, 2.45) is 0 Å². The summed E-state index contributed by atoms with van der Waals surface area (Å²) in [6.45, 7) is 0. The second-order valence-corrected chi connectivity index (χ2v) is 5.56. The fraction of sp³-hybridized carbons (Fsp3) is 0.143. The zero-order valence-electron chi connectivity index (χ0n) is 10.4. The van der Waals surface area contributed by atoms with Gasteiger partial charge >= 0.3 is 0 Å². The highest BCUT2D eigenvalue weighted by Gasteiger charge is 2.26. The highest BCUT2D eigenvalue weighted by molar-refractivity contribution is 7.79. The van der Waals surface area contributed by atoms with Crippen LogP contribution in [0.1, 0.15) is 22.8 Å². The number of non-ortho nitro benzene ring substituents is 1. The van der Waals surface area contributed by atoms with Gasteiger partial charge in [0.15, 0.2) is 11.1 Å². The van der Waals surface area contributed by atoms with Gasteiger partial charge in [-0.15, -0.1) is 0 Å². The van der Waals surface area contributed by atoms with Gasteiger partial charge in [-0.3, -0.25) is 14.3 Å². The van der Waals surface area contributed by atoms with E-state index in [0.29, 0.717) is 5.75 Å². The number of benzene rings is 2. The van der Waals surface area contributed by atoms with E-state index in [1.807, 2.05) is 24.3 Å². The first kappa shape index (κ1) is 13.0. The lowest BCUT2D eigenvalue weighted by Gasteiger charge is -2.25. The lowest BCUT2D eigenvalue weighted by Crippen LogP contribution is -2.18. The summed E-state index contributed by atoms with van der Waals surface area (Å²) in [6, 6.07) is 13.8. The molecule has 20 heavy (non-hydrogen) atoms. The van der Waals surface area contributed by atoms with Crippen molar-refractivity contribution in [3.63, 3.8) is 0 Å². The highest BCUT2D eigenvalue weighted by Crippen LogP contribution is 2.35. The van der Waals surface area contributed by atoms with E-state index in [0.717, 1.165) is 16.7 Å². The number of hydrogen-bond donors (Lipinski definition) is 0. The van der Waals surface area contributed by atoms with Crippen LogP contribution in [0.3, 0.4) is 0 Å². The third-order valence-corrected chi connectivity index (χ3v) is 4.17. The Labute approximate surface area is 118 Å². The zero-order chi connectivity index (χ0) is 14.1. The van der Waals surface area contributed by atoms with Gasteiger partial charge in [0.05, 0.1) is 10.7 Å². The summed E-state index contributed by atoms with van der Waals surface area (Å²) < 4.78 is 17.3. The fourth-order valence-electron chi connectivity index (χ4n) is 2.25. The van der Waals surface area contributed by atoms with E-state index in [4.69, 9.17) is 4.18 Å². The molecule has 0 radical (unpaired) electrons. The topological polar surface area (TPSA) is 69.4 Å². The molecule has 6 heteroatoms. The fourth-order valence-corrected chi connectivity index (χ4v) is 3.26. The van der Waals surface area contributed by atoms with Crippen LogP contribution in [0.4, 0.5) is 5.69 Å². The molecule has 2 aromatic carbocycles. The van der Waals surface area contributed by atoms with Gasteiger partial charge in [-0.2, -0.15) is 0 Å². The molecule has 0 saturated heterocycles. The molecule has 5 nitrogen and oxygen atoms in total. The quantitative estimate of drug-likeness (QED) is 0.629. The van der Waals surface area contributed by atoms with Crippen LogP contribution in [0.5, 0.6) is 0 Å². The molecule has 2 atom stereocenters. The van der Waals surface area contributed by atoms with Crippen molar-refractivity contribution in [3.8, 4) is 0 Å². The third kappa shape index (κ3) is 2.35. The summed E-state index contributed by atoms with van der Waals surface area (Å²) in [4.78, 5) is 10.2. The number of hydrogen-bond acceptors (Lipinski definition) is 4. The first-order valence-electron chi connectivity index (χ1n) is 6.03. The Morgan fingerprint density at radius 1 is 1.15 bits per heavy atom. The van der Waals surface area contributed by atoms with Crippen LogP contribution in [0.15, 0.2) is 48.5 Å². The summed E-state index contributed by atoms with van der Waals surface area (Å²) in [6.07, 6.45) is -0.443. The molecule has 1 aliphatic heterocycles. The van der Waals surface area contributed by atoms with Gasteiger partial charge in [0, 0.05) is 12.1 Å². The Kier molecular flexibility index (Phi) is 3.33. The standard InChI is InChI=1S/C14H11NO4S/c16-15(17)12-7-5-10(6-8-12)14-13-4-2-1-3-11(13)9-20(18)19-14/h1-8,14H,9H2. The molecular weight excluding hydrogens is 278 g/mol. The van der Waals surface area contributed by atoms with E-state index in [-0.39, 0.29) is 5.69 Å². The SMILES string of the molecule is O=[N+]([O-])c1ccc(C2OS(=O)Cc3ccccc32)cc1. The van der Waals surface area contributed by atoms with E-state index in [2.05, 4.69) is 0 Å². The molecule has 0 saturated carbocycles. The van der Waals surface area contributed by atoms with Gasteiger partial charge in [-0.05, 0) is 28.8 Å². The maximum Gasteiger partial charge on any atom is 0.269 e. The minimum atomic E-state index is -1.38. The van der Waals surface area contributed by atoms with Crippen molar-refractivity contribution in [2.45, 2.75) is 11.9 Å². The van der Waals surface area contributed by atoms with Crippen LogP contribution in [-0.2, 0) is 21.0 Å². The van der Waals surface area contributed by atoms with E-state index in [9.17, 15) is 14.3 Å². The summed E-state index contributed by atoms with van der Waals surface area (Å²) in [5, 5.41) is 10.7. The van der Waals surface area contributed by atoms with Crippen LogP contribution < -0.4 is 0 Å². The summed E-state index contributed by atoms with van der Waals surface area (Å²) >= 11 is -1.38. The van der Waals surface area contributed by atoms with Gasteiger partial charge in [-0.1, -0.05) is 24.3 Å². The van der Waals surface area contributed by atoms with Crippen molar-refractivity contribution >= 4 is 16.8 Å². The minimum Gasteiger partial charge on any atom is -0.277 e. The summed E-state index contributed by atoms with van der Waals surface area (Å²) in [7, 11) is 0. The molecule has 0 amide bonds.